The van der Waals surface area contributed by atoms with E-state index < -0.39 is 0 Å². The second-order valence-corrected chi connectivity index (χ2v) is 6.95. The fourth-order valence-corrected chi connectivity index (χ4v) is 3.48. The van der Waals surface area contributed by atoms with E-state index >= 15 is 0 Å². The monoisotopic (exact) mass is 389 g/mol. The van der Waals surface area contributed by atoms with Crippen LogP contribution in [0.3, 0.4) is 0 Å². The van der Waals surface area contributed by atoms with Gasteiger partial charge in [-0.05, 0) is 47.4 Å². The Kier molecular flexibility index (Phi) is 4.02. The first-order chi connectivity index (χ1) is 12.1. The Morgan fingerprint density at radius 1 is 0.880 bits per heavy atom. The Labute approximate surface area is 155 Å². The van der Waals surface area contributed by atoms with Crippen molar-refractivity contribution in [2.75, 3.05) is 5.32 Å². The zero-order valence-electron chi connectivity index (χ0n) is 13.7. The molecule has 0 aromatic heterocycles. The first-order valence-electron chi connectivity index (χ1n) is 8.11. The molecule has 122 valence electrons. The van der Waals surface area contributed by atoms with Crippen molar-refractivity contribution < 1.29 is 4.79 Å². The molecule has 25 heavy (non-hydrogen) atoms. The van der Waals surface area contributed by atoms with E-state index in [1.807, 2.05) is 55.5 Å². The highest BCUT2D eigenvalue weighted by atomic mass is 79.9. The third-order valence-corrected chi connectivity index (χ3v) is 5.35. The summed E-state index contributed by atoms with van der Waals surface area (Å²) in [5.41, 5.74) is 6.99. The van der Waals surface area contributed by atoms with E-state index in [0.29, 0.717) is 5.57 Å². The zero-order valence-corrected chi connectivity index (χ0v) is 15.3. The summed E-state index contributed by atoms with van der Waals surface area (Å²) >= 11 is 3.55. The van der Waals surface area contributed by atoms with Crippen LogP contribution in [0.2, 0.25) is 0 Å². The Bertz CT molecular complexity index is 989. The first-order valence-corrected chi connectivity index (χ1v) is 8.91. The molecule has 4 rings (SSSR count). The van der Waals surface area contributed by atoms with Gasteiger partial charge in [-0.25, -0.2) is 0 Å². The number of anilines is 1. The molecule has 2 nitrogen and oxygen atoms in total. The molecule has 1 aliphatic rings. The van der Waals surface area contributed by atoms with Crippen LogP contribution < -0.4 is 5.32 Å². The normalized spacial score (nSPS) is 14.5. The van der Waals surface area contributed by atoms with Crippen LogP contribution in [0.4, 0.5) is 5.69 Å². The van der Waals surface area contributed by atoms with Crippen molar-refractivity contribution in [3.63, 3.8) is 0 Å². The number of halogens is 1. The van der Waals surface area contributed by atoms with Gasteiger partial charge in [-0.1, -0.05) is 70.5 Å². The molecular weight excluding hydrogens is 374 g/mol. The molecule has 0 atom stereocenters. The molecule has 0 bridgehead atoms. The predicted octanol–water partition coefficient (Wildman–Crippen LogP) is 5.92. The largest absolute Gasteiger partial charge is 0.321 e. The van der Waals surface area contributed by atoms with Crippen molar-refractivity contribution in [3.05, 3.63) is 87.9 Å². The Hall–Kier alpha value is -2.65. The van der Waals surface area contributed by atoms with Gasteiger partial charge in [0.25, 0.3) is 5.91 Å². The van der Waals surface area contributed by atoms with E-state index in [1.165, 1.54) is 5.56 Å². The summed E-state index contributed by atoms with van der Waals surface area (Å²) in [4.78, 5) is 12.4. The number of rotatable bonds is 2. The number of benzene rings is 3. The van der Waals surface area contributed by atoms with E-state index in [2.05, 4.69) is 45.5 Å². The van der Waals surface area contributed by atoms with Crippen LogP contribution in [0.25, 0.3) is 22.8 Å². The summed E-state index contributed by atoms with van der Waals surface area (Å²) < 4.78 is 1.01. The Morgan fingerprint density at radius 2 is 1.56 bits per heavy atom. The second-order valence-electron chi connectivity index (χ2n) is 6.10. The fraction of sp³-hybridized carbons (Fsp3) is 0.0455. The van der Waals surface area contributed by atoms with Crippen LogP contribution in [0.5, 0.6) is 0 Å². The molecule has 1 N–H and O–H groups in total. The quantitative estimate of drug-likeness (QED) is 0.541. The number of fused-ring (bicyclic) bond motifs is 1. The Morgan fingerprint density at radius 3 is 2.28 bits per heavy atom. The van der Waals surface area contributed by atoms with Crippen molar-refractivity contribution >= 4 is 39.2 Å². The summed E-state index contributed by atoms with van der Waals surface area (Å²) in [6, 6.07) is 22.4. The average Bonchev–Trinajstić information content (AvgIpc) is 2.96. The first kappa shape index (κ1) is 15.9. The van der Waals surface area contributed by atoms with Gasteiger partial charge in [-0.3, -0.25) is 4.79 Å². The summed E-state index contributed by atoms with van der Waals surface area (Å²) in [5.74, 6) is -0.0525. The molecule has 0 aliphatic carbocycles. The molecule has 3 heteroatoms. The number of carbonyl (C=O) groups excluding carboxylic acids is 1. The maximum atomic E-state index is 12.4. The summed E-state index contributed by atoms with van der Waals surface area (Å²) in [6.07, 6.45) is 1.95. The van der Waals surface area contributed by atoms with Crippen molar-refractivity contribution in [1.82, 2.24) is 0 Å². The molecule has 0 radical (unpaired) electrons. The van der Waals surface area contributed by atoms with Crippen LogP contribution in [-0.4, -0.2) is 5.91 Å². The Balaban J connectivity index is 1.73. The minimum Gasteiger partial charge on any atom is -0.321 e. The highest BCUT2D eigenvalue weighted by molar-refractivity contribution is 9.10. The molecular formula is C22H16BrNO. The molecule has 1 amide bonds. The maximum absolute atomic E-state index is 12.4. The van der Waals surface area contributed by atoms with Crippen molar-refractivity contribution in [3.8, 4) is 11.1 Å². The van der Waals surface area contributed by atoms with Crippen molar-refractivity contribution in [1.29, 1.82) is 0 Å². The van der Waals surface area contributed by atoms with E-state index in [0.717, 1.165) is 32.4 Å². The number of nitrogens with one attached hydrogen (secondary N) is 1. The molecule has 1 heterocycles. The van der Waals surface area contributed by atoms with Crippen LogP contribution in [-0.2, 0) is 4.79 Å². The number of hydrogen-bond donors (Lipinski definition) is 1. The SMILES string of the molecule is Cc1c(Br)ccc2c1C(=Cc1ccc(-c3ccccc3)cc1)C(=O)N2. The van der Waals surface area contributed by atoms with Gasteiger partial charge in [0.05, 0.1) is 0 Å². The third kappa shape index (κ3) is 2.92. The van der Waals surface area contributed by atoms with Gasteiger partial charge in [0.1, 0.15) is 0 Å². The molecule has 0 unspecified atom stereocenters. The standard InChI is InChI=1S/C22H16BrNO/c1-14-19(23)11-12-20-21(14)18(22(25)24-20)13-15-7-9-17(10-8-15)16-5-3-2-4-6-16/h2-13H,1H3,(H,24,25). The summed E-state index contributed by atoms with van der Waals surface area (Å²) in [6.45, 7) is 2.02. The lowest BCUT2D eigenvalue weighted by molar-refractivity contribution is -0.110. The predicted molar refractivity (Wildman–Crippen MR) is 107 cm³/mol. The smallest absolute Gasteiger partial charge is 0.256 e. The highest BCUT2D eigenvalue weighted by Crippen LogP contribution is 2.38. The van der Waals surface area contributed by atoms with Crippen LogP contribution >= 0.6 is 15.9 Å². The van der Waals surface area contributed by atoms with Crippen LogP contribution in [0, 0.1) is 6.92 Å². The van der Waals surface area contributed by atoms with Gasteiger partial charge in [-0.2, -0.15) is 0 Å². The minimum atomic E-state index is -0.0525. The van der Waals surface area contributed by atoms with Crippen molar-refractivity contribution in [2.45, 2.75) is 6.92 Å². The molecule has 3 aromatic carbocycles. The molecule has 0 saturated carbocycles. The topological polar surface area (TPSA) is 29.1 Å². The summed E-state index contributed by atoms with van der Waals surface area (Å²) in [7, 11) is 0. The minimum absolute atomic E-state index is 0.0525. The number of hydrogen-bond acceptors (Lipinski definition) is 1. The van der Waals surface area contributed by atoms with Gasteiger partial charge < -0.3 is 5.32 Å². The molecule has 3 aromatic rings. The van der Waals surface area contributed by atoms with E-state index in [1.54, 1.807) is 0 Å². The van der Waals surface area contributed by atoms with Gasteiger partial charge in [0.15, 0.2) is 0 Å². The van der Waals surface area contributed by atoms with E-state index in [9.17, 15) is 4.79 Å². The van der Waals surface area contributed by atoms with Crippen LogP contribution in [0.15, 0.2) is 71.2 Å². The lowest BCUT2D eigenvalue weighted by atomic mass is 9.98. The number of carbonyl (C=O) groups is 1. The zero-order chi connectivity index (χ0) is 17.4. The summed E-state index contributed by atoms with van der Waals surface area (Å²) in [5, 5.41) is 2.94. The van der Waals surface area contributed by atoms with Gasteiger partial charge >= 0.3 is 0 Å². The molecule has 0 fully saturated rings. The average molecular weight is 390 g/mol. The van der Waals surface area contributed by atoms with Gasteiger partial charge in [0, 0.05) is 21.3 Å². The third-order valence-electron chi connectivity index (χ3n) is 4.49. The second kappa shape index (κ2) is 6.34. The number of amides is 1. The molecule has 1 aliphatic heterocycles. The van der Waals surface area contributed by atoms with Crippen LogP contribution in [0.1, 0.15) is 16.7 Å². The fourth-order valence-electron chi connectivity index (χ4n) is 3.15. The lowest BCUT2D eigenvalue weighted by Crippen LogP contribution is -2.03. The van der Waals surface area contributed by atoms with Gasteiger partial charge in [-0.15, -0.1) is 0 Å². The van der Waals surface area contributed by atoms with Crippen molar-refractivity contribution in [2.24, 2.45) is 0 Å². The highest BCUT2D eigenvalue weighted by Gasteiger charge is 2.26. The lowest BCUT2D eigenvalue weighted by Gasteiger charge is -2.06. The van der Waals surface area contributed by atoms with Gasteiger partial charge in [0.2, 0.25) is 0 Å². The molecule has 0 spiro atoms. The van der Waals surface area contributed by atoms with E-state index in [-0.39, 0.29) is 5.91 Å². The van der Waals surface area contributed by atoms with E-state index in [4.69, 9.17) is 0 Å². The maximum Gasteiger partial charge on any atom is 0.256 e. The molecule has 0 saturated heterocycles.